The molecule has 17 heavy (non-hydrogen) atoms. The average molecular weight is 249 g/mol. The van der Waals surface area contributed by atoms with Crippen LogP contribution in [0.4, 0.5) is 0 Å². The Morgan fingerprint density at radius 2 is 2.00 bits per heavy atom. The normalized spacial score (nSPS) is 16.8. The van der Waals surface area contributed by atoms with Crippen LogP contribution in [-0.2, 0) is 4.74 Å². The minimum Gasteiger partial charge on any atom is -0.381 e. The molecule has 2 heterocycles. The maximum atomic E-state index is 9.20. The van der Waals surface area contributed by atoms with Crippen molar-refractivity contribution < 1.29 is 4.74 Å². The van der Waals surface area contributed by atoms with E-state index in [-0.39, 0.29) is 0 Å². The van der Waals surface area contributed by atoms with Gasteiger partial charge >= 0.3 is 0 Å². The van der Waals surface area contributed by atoms with Crippen molar-refractivity contribution in [2.45, 2.75) is 37.0 Å². The quantitative estimate of drug-likeness (QED) is 0.804. The van der Waals surface area contributed by atoms with Crippen LogP contribution in [-0.4, -0.2) is 28.7 Å². The number of thioether (sulfide) groups is 1. The van der Waals surface area contributed by atoms with Gasteiger partial charge < -0.3 is 4.74 Å². The third-order valence-corrected chi connectivity index (χ3v) is 4.29. The highest BCUT2D eigenvalue weighted by atomic mass is 32.2. The molecule has 0 atom stereocenters. The molecule has 1 fully saturated rings. The Hall–Kier alpha value is -1.12. The predicted molar refractivity (Wildman–Crippen MR) is 65.9 cm³/mol. The van der Waals surface area contributed by atoms with Crippen molar-refractivity contribution in [3.8, 4) is 6.07 Å². The first-order valence-electron chi connectivity index (χ1n) is 5.70. The lowest BCUT2D eigenvalue weighted by Gasteiger charge is -2.21. The minimum atomic E-state index is 0.493. The van der Waals surface area contributed by atoms with E-state index in [1.165, 1.54) is 0 Å². The topological polar surface area (TPSA) is 58.8 Å². The highest BCUT2D eigenvalue weighted by Gasteiger charge is 2.19. The van der Waals surface area contributed by atoms with Crippen molar-refractivity contribution in [2.75, 3.05) is 13.2 Å². The van der Waals surface area contributed by atoms with Crippen LogP contribution in [0.5, 0.6) is 0 Å². The zero-order chi connectivity index (χ0) is 12.3. The van der Waals surface area contributed by atoms with E-state index in [9.17, 15) is 5.26 Å². The number of nitrogens with zero attached hydrogens (tertiary/aromatic N) is 3. The van der Waals surface area contributed by atoms with Crippen molar-refractivity contribution in [1.29, 1.82) is 5.26 Å². The van der Waals surface area contributed by atoms with Gasteiger partial charge in [-0.1, -0.05) is 11.8 Å². The Kier molecular flexibility index (Phi) is 3.97. The van der Waals surface area contributed by atoms with Crippen molar-refractivity contribution in [3.63, 3.8) is 0 Å². The average Bonchev–Trinajstić information content (AvgIpc) is 2.36. The summed E-state index contributed by atoms with van der Waals surface area (Å²) in [7, 11) is 0. The second-order valence-electron chi connectivity index (χ2n) is 4.13. The molecular weight excluding hydrogens is 234 g/mol. The fourth-order valence-corrected chi connectivity index (χ4v) is 2.90. The molecule has 5 heteroatoms. The second-order valence-corrected chi connectivity index (χ2v) is 5.42. The highest BCUT2D eigenvalue weighted by molar-refractivity contribution is 7.99. The number of aromatic nitrogens is 2. The SMILES string of the molecule is Cc1nnc(SC2CCOCC2)c(C#N)c1C. The lowest BCUT2D eigenvalue weighted by atomic mass is 10.1. The first-order valence-corrected chi connectivity index (χ1v) is 6.58. The fourth-order valence-electron chi connectivity index (χ4n) is 1.75. The number of aryl methyl sites for hydroxylation is 1. The first-order chi connectivity index (χ1) is 8.22. The lowest BCUT2D eigenvalue weighted by molar-refractivity contribution is 0.1000. The molecule has 0 unspecified atom stereocenters. The number of rotatable bonds is 2. The molecule has 2 rings (SSSR count). The molecule has 0 bridgehead atoms. The van der Waals surface area contributed by atoms with Gasteiger partial charge in [0.05, 0.1) is 11.3 Å². The molecule has 0 N–H and O–H groups in total. The second kappa shape index (κ2) is 5.48. The molecular formula is C12H15N3OS. The van der Waals surface area contributed by atoms with Gasteiger partial charge in [0.15, 0.2) is 0 Å². The summed E-state index contributed by atoms with van der Waals surface area (Å²) in [6.45, 7) is 5.42. The molecule has 1 aromatic heterocycles. The Morgan fingerprint density at radius 1 is 1.29 bits per heavy atom. The number of ether oxygens (including phenoxy) is 1. The van der Waals surface area contributed by atoms with Crippen LogP contribution < -0.4 is 0 Å². The van der Waals surface area contributed by atoms with Gasteiger partial charge in [-0.25, -0.2) is 0 Å². The summed E-state index contributed by atoms with van der Waals surface area (Å²) < 4.78 is 5.32. The van der Waals surface area contributed by atoms with Crippen molar-refractivity contribution >= 4 is 11.8 Å². The smallest absolute Gasteiger partial charge is 0.137 e. The van der Waals surface area contributed by atoms with Gasteiger partial charge in [-0.2, -0.15) is 10.4 Å². The Morgan fingerprint density at radius 3 is 2.65 bits per heavy atom. The number of hydrogen-bond donors (Lipinski definition) is 0. The van der Waals surface area contributed by atoms with E-state index in [0.29, 0.717) is 10.8 Å². The highest BCUT2D eigenvalue weighted by Crippen LogP contribution is 2.31. The molecule has 1 saturated heterocycles. The molecule has 0 aromatic carbocycles. The van der Waals surface area contributed by atoms with Crippen molar-refractivity contribution in [1.82, 2.24) is 10.2 Å². The van der Waals surface area contributed by atoms with Crippen LogP contribution in [0.25, 0.3) is 0 Å². The Balaban J connectivity index is 2.20. The van der Waals surface area contributed by atoms with Crippen molar-refractivity contribution in [3.05, 3.63) is 16.8 Å². The molecule has 90 valence electrons. The van der Waals surface area contributed by atoms with Gasteiger partial charge in [0, 0.05) is 18.5 Å². The fraction of sp³-hybridized carbons (Fsp3) is 0.583. The molecule has 0 saturated carbocycles. The summed E-state index contributed by atoms with van der Waals surface area (Å²) in [6, 6.07) is 2.24. The molecule has 0 amide bonds. The third-order valence-electron chi connectivity index (χ3n) is 2.98. The molecule has 4 nitrogen and oxygen atoms in total. The largest absolute Gasteiger partial charge is 0.381 e. The summed E-state index contributed by atoms with van der Waals surface area (Å²) >= 11 is 1.66. The van der Waals surface area contributed by atoms with Crippen LogP contribution in [0.3, 0.4) is 0 Å². The van der Waals surface area contributed by atoms with Gasteiger partial charge in [0.1, 0.15) is 11.1 Å². The van der Waals surface area contributed by atoms with E-state index in [1.54, 1.807) is 11.8 Å². The van der Waals surface area contributed by atoms with Crippen LogP contribution in [0.15, 0.2) is 5.03 Å². The minimum absolute atomic E-state index is 0.493. The van der Waals surface area contributed by atoms with Crippen molar-refractivity contribution in [2.24, 2.45) is 0 Å². The van der Waals surface area contributed by atoms with Gasteiger partial charge in [-0.3, -0.25) is 0 Å². The monoisotopic (exact) mass is 249 g/mol. The molecule has 1 aliphatic heterocycles. The summed E-state index contributed by atoms with van der Waals surface area (Å²) in [4.78, 5) is 0. The van der Waals surface area contributed by atoms with Crippen LogP contribution in [0, 0.1) is 25.2 Å². The summed E-state index contributed by atoms with van der Waals surface area (Å²) in [5.41, 5.74) is 2.45. The zero-order valence-corrected chi connectivity index (χ0v) is 10.9. The van der Waals surface area contributed by atoms with Gasteiger partial charge in [-0.05, 0) is 32.3 Å². The van der Waals surface area contributed by atoms with Crippen LogP contribution in [0.2, 0.25) is 0 Å². The van der Waals surface area contributed by atoms with E-state index >= 15 is 0 Å². The zero-order valence-electron chi connectivity index (χ0n) is 10.1. The van der Waals surface area contributed by atoms with Gasteiger partial charge in [0.2, 0.25) is 0 Å². The van der Waals surface area contributed by atoms with E-state index in [1.807, 2.05) is 13.8 Å². The van der Waals surface area contributed by atoms with E-state index in [0.717, 1.165) is 42.3 Å². The van der Waals surface area contributed by atoms with Crippen LogP contribution in [0.1, 0.15) is 29.7 Å². The number of nitriles is 1. The molecule has 1 aromatic rings. The Bertz CT molecular complexity index is 450. The molecule has 0 spiro atoms. The third kappa shape index (κ3) is 2.76. The predicted octanol–water partition coefficient (Wildman–Crippen LogP) is 2.24. The summed E-state index contributed by atoms with van der Waals surface area (Å²) in [6.07, 6.45) is 2.04. The Labute approximate surface area is 105 Å². The standard InChI is InChI=1S/C12H15N3OS/c1-8-9(2)14-15-12(11(8)7-13)17-10-3-5-16-6-4-10/h10H,3-6H2,1-2H3. The molecule has 0 radical (unpaired) electrons. The first kappa shape index (κ1) is 12.3. The molecule has 1 aliphatic rings. The van der Waals surface area contributed by atoms with Gasteiger partial charge in [0.25, 0.3) is 0 Å². The molecule has 0 aliphatic carbocycles. The summed E-state index contributed by atoms with van der Waals surface area (Å²) in [5.74, 6) is 0. The maximum absolute atomic E-state index is 9.20. The van der Waals surface area contributed by atoms with E-state index in [2.05, 4.69) is 16.3 Å². The van der Waals surface area contributed by atoms with E-state index < -0.39 is 0 Å². The van der Waals surface area contributed by atoms with Crippen LogP contribution >= 0.6 is 11.8 Å². The van der Waals surface area contributed by atoms with E-state index in [4.69, 9.17) is 4.74 Å². The lowest BCUT2D eigenvalue weighted by Crippen LogP contribution is -2.18. The summed E-state index contributed by atoms with van der Waals surface area (Å²) in [5, 5.41) is 18.7. The number of hydrogen-bond acceptors (Lipinski definition) is 5. The van der Waals surface area contributed by atoms with Gasteiger partial charge in [-0.15, -0.1) is 5.10 Å². The maximum Gasteiger partial charge on any atom is 0.137 e.